The van der Waals surface area contributed by atoms with Gasteiger partial charge in [-0.15, -0.1) is 5.10 Å². The normalized spacial score (nSPS) is 10.8. The van der Waals surface area contributed by atoms with E-state index in [1.54, 1.807) is 0 Å². The molecule has 0 unspecified atom stereocenters. The summed E-state index contributed by atoms with van der Waals surface area (Å²) in [6, 6.07) is 1.21. The summed E-state index contributed by atoms with van der Waals surface area (Å²) in [6.45, 7) is 0. The molecule has 1 heterocycles. The summed E-state index contributed by atoms with van der Waals surface area (Å²) in [5, 5.41) is 7.73. The van der Waals surface area contributed by atoms with Gasteiger partial charge in [-0.3, -0.25) is 0 Å². The van der Waals surface area contributed by atoms with Crippen LogP contribution in [-0.2, 0) is 5.33 Å². The standard InChI is InChI=1S/C9H5BrF3N3/c10-3-5-4-16(15-14-5)9-2-7(12)6(11)1-8(9)13/h1-2,4H,3H2. The molecule has 0 saturated carbocycles. The Balaban J connectivity index is 2.51. The first-order chi connectivity index (χ1) is 7.61. The van der Waals surface area contributed by atoms with Crippen molar-refractivity contribution in [1.29, 1.82) is 0 Å². The molecule has 0 bridgehead atoms. The van der Waals surface area contributed by atoms with Crippen molar-refractivity contribution >= 4 is 15.9 Å². The fraction of sp³-hybridized carbons (Fsp3) is 0.111. The lowest BCUT2D eigenvalue weighted by Gasteiger charge is -2.02. The molecule has 7 heteroatoms. The molecular formula is C9H5BrF3N3. The minimum atomic E-state index is -1.23. The first kappa shape index (κ1) is 11.1. The van der Waals surface area contributed by atoms with Gasteiger partial charge >= 0.3 is 0 Å². The van der Waals surface area contributed by atoms with E-state index in [1.807, 2.05) is 0 Å². The summed E-state index contributed by atoms with van der Waals surface area (Å²) < 4.78 is 40.0. The highest BCUT2D eigenvalue weighted by Gasteiger charge is 2.12. The van der Waals surface area contributed by atoms with Crippen LogP contribution in [0.4, 0.5) is 13.2 Å². The number of hydrogen-bond acceptors (Lipinski definition) is 2. The highest BCUT2D eigenvalue weighted by molar-refractivity contribution is 9.08. The zero-order chi connectivity index (χ0) is 11.7. The average molecular weight is 292 g/mol. The Bertz CT molecular complexity index is 527. The predicted molar refractivity (Wildman–Crippen MR) is 53.9 cm³/mol. The minimum Gasteiger partial charge on any atom is -0.217 e. The smallest absolute Gasteiger partial charge is 0.161 e. The Morgan fingerprint density at radius 3 is 2.44 bits per heavy atom. The Labute approximate surface area is 97.0 Å². The molecule has 1 aromatic heterocycles. The van der Waals surface area contributed by atoms with Gasteiger partial charge in [-0.2, -0.15) is 0 Å². The highest BCUT2D eigenvalue weighted by Crippen LogP contribution is 2.17. The molecule has 84 valence electrons. The van der Waals surface area contributed by atoms with Gasteiger partial charge in [0.15, 0.2) is 17.5 Å². The van der Waals surface area contributed by atoms with E-state index >= 15 is 0 Å². The topological polar surface area (TPSA) is 30.7 Å². The van der Waals surface area contributed by atoms with Gasteiger partial charge in [-0.25, -0.2) is 17.9 Å². The van der Waals surface area contributed by atoms with E-state index in [0.717, 1.165) is 10.7 Å². The molecule has 0 aliphatic heterocycles. The summed E-state index contributed by atoms with van der Waals surface area (Å²) in [6.07, 6.45) is 1.42. The van der Waals surface area contributed by atoms with Crippen molar-refractivity contribution in [3.8, 4) is 5.69 Å². The van der Waals surface area contributed by atoms with Gasteiger partial charge in [0.2, 0.25) is 0 Å². The highest BCUT2D eigenvalue weighted by atomic mass is 79.9. The van der Waals surface area contributed by atoms with E-state index < -0.39 is 17.5 Å². The van der Waals surface area contributed by atoms with Crippen LogP contribution in [0.5, 0.6) is 0 Å². The lowest BCUT2D eigenvalue weighted by atomic mass is 10.3. The van der Waals surface area contributed by atoms with Crippen molar-refractivity contribution in [3.05, 3.63) is 41.5 Å². The summed E-state index contributed by atoms with van der Waals surface area (Å²) in [7, 11) is 0. The summed E-state index contributed by atoms with van der Waals surface area (Å²) >= 11 is 3.14. The lowest BCUT2D eigenvalue weighted by molar-refractivity contribution is 0.491. The number of benzene rings is 1. The summed E-state index contributed by atoms with van der Waals surface area (Å²) in [5.41, 5.74) is 0.378. The van der Waals surface area contributed by atoms with Gasteiger partial charge < -0.3 is 0 Å². The first-order valence-corrected chi connectivity index (χ1v) is 5.36. The van der Waals surface area contributed by atoms with Gasteiger partial charge in [0.1, 0.15) is 5.69 Å². The van der Waals surface area contributed by atoms with Gasteiger partial charge in [0.25, 0.3) is 0 Å². The molecule has 2 aromatic rings. The monoisotopic (exact) mass is 291 g/mol. The second-order valence-electron chi connectivity index (χ2n) is 3.01. The van der Waals surface area contributed by atoms with Crippen molar-refractivity contribution in [2.24, 2.45) is 0 Å². The van der Waals surface area contributed by atoms with E-state index in [4.69, 9.17) is 0 Å². The molecule has 0 fully saturated rings. The van der Waals surface area contributed by atoms with E-state index in [1.165, 1.54) is 6.20 Å². The molecule has 0 saturated heterocycles. The van der Waals surface area contributed by atoms with Crippen LogP contribution < -0.4 is 0 Å². The Morgan fingerprint density at radius 2 is 1.81 bits per heavy atom. The molecular weight excluding hydrogens is 287 g/mol. The first-order valence-electron chi connectivity index (χ1n) is 4.24. The number of nitrogens with zero attached hydrogens (tertiary/aromatic N) is 3. The van der Waals surface area contributed by atoms with Crippen LogP contribution in [0.1, 0.15) is 5.69 Å². The molecule has 2 rings (SSSR count). The zero-order valence-corrected chi connectivity index (χ0v) is 9.38. The van der Waals surface area contributed by atoms with E-state index in [-0.39, 0.29) is 5.69 Å². The van der Waals surface area contributed by atoms with Crippen molar-refractivity contribution < 1.29 is 13.2 Å². The molecule has 0 radical (unpaired) electrons. The van der Waals surface area contributed by atoms with Crippen LogP contribution in [-0.4, -0.2) is 15.0 Å². The molecule has 16 heavy (non-hydrogen) atoms. The van der Waals surface area contributed by atoms with Crippen LogP contribution in [0, 0.1) is 17.5 Å². The molecule has 0 atom stereocenters. The van der Waals surface area contributed by atoms with E-state index in [9.17, 15) is 13.2 Å². The molecule has 1 aromatic carbocycles. The van der Waals surface area contributed by atoms with E-state index in [0.29, 0.717) is 17.1 Å². The number of alkyl halides is 1. The van der Waals surface area contributed by atoms with Gasteiger partial charge in [0.05, 0.1) is 11.9 Å². The maximum Gasteiger partial charge on any atom is 0.161 e. The summed E-state index contributed by atoms with van der Waals surface area (Å²) in [5.74, 6) is -3.26. The molecule has 3 nitrogen and oxygen atoms in total. The number of halogens is 4. The van der Waals surface area contributed by atoms with Crippen molar-refractivity contribution in [3.63, 3.8) is 0 Å². The van der Waals surface area contributed by atoms with Gasteiger partial charge in [-0.1, -0.05) is 21.1 Å². The van der Waals surface area contributed by atoms with Crippen LogP contribution in [0.25, 0.3) is 5.69 Å². The average Bonchev–Trinajstić information content (AvgIpc) is 2.71. The van der Waals surface area contributed by atoms with Crippen LogP contribution >= 0.6 is 15.9 Å². The van der Waals surface area contributed by atoms with Crippen molar-refractivity contribution in [1.82, 2.24) is 15.0 Å². The maximum absolute atomic E-state index is 13.3. The minimum absolute atomic E-state index is 0.182. The third-order valence-corrected chi connectivity index (χ3v) is 2.49. The lowest BCUT2D eigenvalue weighted by Crippen LogP contribution is -2.01. The second-order valence-corrected chi connectivity index (χ2v) is 3.57. The SMILES string of the molecule is Fc1cc(F)c(-n2cc(CBr)nn2)cc1F. The van der Waals surface area contributed by atoms with Crippen LogP contribution in [0.2, 0.25) is 0 Å². The fourth-order valence-electron chi connectivity index (χ4n) is 1.17. The Hall–Kier alpha value is -1.37. The molecule has 0 aliphatic rings. The third kappa shape index (κ3) is 1.95. The largest absolute Gasteiger partial charge is 0.217 e. The second kappa shape index (κ2) is 4.25. The van der Waals surface area contributed by atoms with Crippen molar-refractivity contribution in [2.45, 2.75) is 5.33 Å². The zero-order valence-electron chi connectivity index (χ0n) is 7.79. The number of aromatic nitrogens is 3. The molecule has 0 aliphatic carbocycles. The van der Waals surface area contributed by atoms with Crippen molar-refractivity contribution in [2.75, 3.05) is 0 Å². The molecule has 0 spiro atoms. The Kier molecular flexibility index (Phi) is 2.95. The quantitative estimate of drug-likeness (QED) is 0.629. The predicted octanol–water partition coefficient (Wildman–Crippen LogP) is 2.58. The molecule has 0 N–H and O–H groups in total. The number of rotatable bonds is 2. The maximum atomic E-state index is 13.3. The van der Waals surface area contributed by atoms with Gasteiger partial charge in [-0.05, 0) is 0 Å². The van der Waals surface area contributed by atoms with Crippen LogP contribution in [0.3, 0.4) is 0 Å². The van der Waals surface area contributed by atoms with Crippen LogP contribution in [0.15, 0.2) is 18.3 Å². The number of hydrogen-bond donors (Lipinski definition) is 0. The van der Waals surface area contributed by atoms with E-state index in [2.05, 4.69) is 26.2 Å². The Morgan fingerprint density at radius 1 is 1.12 bits per heavy atom. The summed E-state index contributed by atoms with van der Waals surface area (Å²) in [4.78, 5) is 0. The fourth-order valence-corrected chi connectivity index (χ4v) is 1.42. The third-order valence-electron chi connectivity index (χ3n) is 1.91. The molecule has 0 amide bonds. The van der Waals surface area contributed by atoms with Gasteiger partial charge in [0, 0.05) is 17.5 Å².